The van der Waals surface area contributed by atoms with Gasteiger partial charge in [-0.15, -0.1) is 0 Å². The zero-order chi connectivity index (χ0) is 18.7. The van der Waals surface area contributed by atoms with E-state index in [1.54, 1.807) is 13.2 Å². The Morgan fingerprint density at radius 1 is 1.04 bits per heavy atom. The lowest BCUT2D eigenvalue weighted by Crippen LogP contribution is -2.27. The van der Waals surface area contributed by atoms with Crippen LogP contribution in [0.4, 0.5) is 13.2 Å². The molecule has 0 aliphatic rings. The van der Waals surface area contributed by atoms with Crippen LogP contribution in [-0.2, 0) is 23.9 Å². The number of rotatable bonds is 4. The van der Waals surface area contributed by atoms with E-state index in [2.05, 4.69) is 4.98 Å². The number of hydrogen-bond donors (Lipinski definition) is 0. The van der Waals surface area contributed by atoms with Gasteiger partial charge in [0, 0.05) is 25.2 Å². The number of carbonyl (C=O) groups excluding carboxylic acids is 1. The predicted octanol–water partition coefficient (Wildman–Crippen LogP) is 4.45. The third-order valence-corrected chi connectivity index (χ3v) is 4.18. The zero-order valence-electron chi connectivity index (χ0n) is 14.1. The fourth-order valence-electron chi connectivity index (χ4n) is 2.77. The Morgan fingerprint density at radius 2 is 1.73 bits per heavy atom. The number of para-hydroxylation sites is 1. The first-order valence-electron chi connectivity index (χ1n) is 8.07. The molecule has 0 N–H and O–H groups in total. The summed E-state index contributed by atoms with van der Waals surface area (Å²) in [4.78, 5) is 18.3. The summed E-state index contributed by atoms with van der Waals surface area (Å²) in [5, 5.41) is 0.961. The van der Waals surface area contributed by atoms with Gasteiger partial charge < -0.3 is 4.90 Å². The first-order chi connectivity index (χ1) is 12.3. The highest BCUT2D eigenvalue weighted by Crippen LogP contribution is 2.29. The fourth-order valence-corrected chi connectivity index (χ4v) is 2.77. The zero-order valence-corrected chi connectivity index (χ0v) is 14.1. The molecule has 2 aromatic carbocycles. The summed E-state index contributed by atoms with van der Waals surface area (Å²) in [7, 11) is 1.64. The molecule has 0 aliphatic heterocycles. The number of benzene rings is 2. The van der Waals surface area contributed by atoms with E-state index in [0.717, 1.165) is 28.6 Å². The van der Waals surface area contributed by atoms with Crippen molar-refractivity contribution in [2.45, 2.75) is 19.1 Å². The minimum atomic E-state index is -4.36. The van der Waals surface area contributed by atoms with Gasteiger partial charge in [0.05, 0.1) is 17.5 Å². The van der Waals surface area contributed by atoms with Crippen LogP contribution in [0.2, 0.25) is 0 Å². The van der Waals surface area contributed by atoms with Gasteiger partial charge in [-0.25, -0.2) is 0 Å². The Hall–Kier alpha value is -2.89. The number of alkyl halides is 3. The molecule has 0 fully saturated rings. The molecule has 0 aliphatic carbocycles. The highest BCUT2D eigenvalue weighted by atomic mass is 19.4. The minimum Gasteiger partial charge on any atom is -0.341 e. The van der Waals surface area contributed by atoms with Crippen molar-refractivity contribution < 1.29 is 18.0 Å². The van der Waals surface area contributed by atoms with Crippen LogP contribution in [0.3, 0.4) is 0 Å². The van der Waals surface area contributed by atoms with Crippen molar-refractivity contribution in [2.75, 3.05) is 7.05 Å². The SMILES string of the molecule is CN(Cc1ccc(C(F)(F)F)cc1)C(=O)Cc1cccc2cccnc12. The number of likely N-dealkylation sites (N-methyl/N-ethyl adjacent to an activating group) is 1. The Labute approximate surface area is 149 Å². The van der Waals surface area contributed by atoms with Gasteiger partial charge in [0.15, 0.2) is 0 Å². The normalized spacial score (nSPS) is 11.5. The molecule has 3 aromatic rings. The summed E-state index contributed by atoms with van der Waals surface area (Å²) in [6.45, 7) is 0.245. The molecule has 0 radical (unpaired) electrons. The first-order valence-corrected chi connectivity index (χ1v) is 8.07. The lowest BCUT2D eigenvalue weighted by Gasteiger charge is -2.18. The van der Waals surface area contributed by atoms with Crippen LogP contribution in [0.25, 0.3) is 10.9 Å². The average molecular weight is 358 g/mol. The summed E-state index contributed by atoms with van der Waals surface area (Å²) < 4.78 is 37.8. The molecule has 0 spiro atoms. The molecule has 1 aromatic heterocycles. The predicted molar refractivity (Wildman–Crippen MR) is 93.4 cm³/mol. The maximum absolute atomic E-state index is 12.6. The Morgan fingerprint density at radius 3 is 2.42 bits per heavy atom. The van der Waals surface area contributed by atoms with Gasteiger partial charge in [-0.3, -0.25) is 9.78 Å². The molecule has 1 heterocycles. The van der Waals surface area contributed by atoms with E-state index in [1.807, 2.05) is 30.3 Å². The summed E-state index contributed by atoms with van der Waals surface area (Å²) in [6.07, 6.45) is -2.49. The van der Waals surface area contributed by atoms with Gasteiger partial charge in [0.2, 0.25) is 5.91 Å². The summed E-state index contributed by atoms with van der Waals surface area (Å²) >= 11 is 0. The van der Waals surface area contributed by atoms with Crippen LogP contribution >= 0.6 is 0 Å². The summed E-state index contributed by atoms with van der Waals surface area (Å²) in [6, 6.07) is 14.3. The molecule has 0 unspecified atom stereocenters. The largest absolute Gasteiger partial charge is 0.416 e. The van der Waals surface area contributed by atoms with Crippen molar-refractivity contribution in [2.24, 2.45) is 0 Å². The maximum atomic E-state index is 12.6. The highest BCUT2D eigenvalue weighted by molar-refractivity contribution is 5.87. The van der Waals surface area contributed by atoms with Crippen molar-refractivity contribution in [1.82, 2.24) is 9.88 Å². The molecule has 0 saturated carbocycles. The van der Waals surface area contributed by atoms with Crippen LogP contribution in [-0.4, -0.2) is 22.8 Å². The summed E-state index contributed by atoms with van der Waals surface area (Å²) in [5.41, 5.74) is 1.56. The molecule has 0 atom stereocenters. The van der Waals surface area contributed by atoms with Crippen LogP contribution < -0.4 is 0 Å². The number of pyridine rings is 1. The number of hydrogen-bond acceptors (Lipinski definition) is 2. The second-order valence-corrected chi connectivity index (χ2v) is 6.11. The average Bonchev–Trinajstić information content (AvgIpc) is 2.61. The third kappa shape index (κ3) is 4.02. The third-order valence-electron chi connectivity index (χ3n) is 4.18. The smallest absolute Gasteiger partial charge is 0.341 e. The van der Waals surface area contributed by atoms with Gasteiger partial charge in [0.1, 0.15) is 0 Å². The van der Waals surface area contributed by atoms with E-state index in [0.29, 0.717) is 5.56 Å². The number of amides is 1. The van der Waals surface area contributed by atoms with Crippen molar-refractivity contribution in [3.8, 4) is 0 Å². The highest BCUT2D eigenvalue weighted by Gasteiger charge is 2.30. The molecule has 0 saturated heterocycles. The second kappa shape index (κ2) is 7.15. The Kier molecular flexibility index (Phi) is 4.93. The van der Waals surface area contributed by atoms with E-state index in [-0.39, 0.29) is 18.9 Å². The van der Waals surface area contributed by atoms with E-state index in [1.165, 1.54) is 17.0 Å². The van der Waals surface area contributed by atoms with E-state index in [9.17, 15) is 18.0 Å². The van der Waals surface area contributed by atoms with Gasteiger partial charge in [-0.05, 0) is 29.3 Å². The molecule has 26 heavy (non-hydrogen) atoms. The van der Waals surface area contributed by atoms with Crippen LogP contribution in [0.15, 0.2) is 60.8 Å². The molecule has 134 valence electrons. The van der Waals surface area contributed by atoms with E-state index >= 15 is 0 Å². The topological polar surface area (TPSA) is 33.2 Å². The van der Waals surface area contributed by atoms with Crippen LogP contribution in [0.5, 0.6) is 0 Å². The molecule has 6 heteroatoms. The standard InChI is InChI=1S/C20H17F3N2O/c1-25(13-14-7-9-17(10-8-14)20(21,22)23)18(26)12-16-5-2-4-15-6-3-11-24-19(15)16/h2-11H,12-13H2,1H3. The van der Waals surface area contributed by atoms with Crippen molar-refractivity contribution in [3.63, 3.8) is 0 Å². The van der Waals surface area contributed by atoms with Gasteiger partial charge >= 0.3 is 6.18 Å². The quantitative estimate of drug-likeness (QED) is 0.690. The number of nitrogens with zero attached hydrogens (tertiary/aromatic N) is 2. The molecule has 3 nitrogen and oxygen atoms in total. The monoisotopic (exact) mass is 358 g/mol. The molecular formula is C20H17F3N2O. The molecule has 3 rings (SSSR count). The molecule has 1 amide bonds. The van der Waals surface area contributed by atoms with Crippen LogP contribution in [0.1, 0.15) is 16.7 Å². The second-order valence-electron chi connectivity index (χ2n) is 6.11. The van der Waals surface area contributed by atoms with Crippen molar-refractivity contribution in [1.29, 1.82) is 0 Å². The van der Waals surface area contributed by atoms with Crippen molar-refractivity contribution in [3.05, 3.63) is 77.5 Å². The van der Waals surface area contributed by atoms with Gasteiger partial charge in [0.25, 0.3) is 0 Å². The lowest BCUT2D eigenvalue weighted by atomic mass is 10.1. The number of fused-ring (bicyclic) bond motifs is 1. The maximum Gasteiger partial charge on any atom is 0.416 e. The van der Waals surface area contributed by atoms with Crippen LogP contribution in [0, 0.1) is 0 Å². The number of carbonyl (C=O) groups is 1. The number of aromatic nitrogens is 1. The van der Waals surface area contributed by atoms with E-state index in [4.69, 9.17) is 0 Å². The number of halogens is 3. The van der Waals surface area contributed by atoms with Gasteiger partial charge in [-0.1, -0.05) is 36.4 Å². The van der Waals surface area contributed by atoms with Crippen molar-refractivity contribution >= 4 is 16.8 Å². The van der Waals surface area contributed by atoms with Gasteiger partial charge in [-0.2, -0.15) is 13.2 Å². The fraction of sp³-hybridized carbons (Fsp3) is 0.200. The Bertz CT molecular complexity index is 915. The summed E-state index contributed by atoms with van der Waals surface area (Å²) in [5.74, 6) is -0.122. The molecular weight excluding hydrogens is 341 g/mol. The lowest BCUT2D eigenvalue weighted by molar-refractivity contribution is -0.137. The minimum absolute atomic E-state index is 0.122. The van der Waals surface area contributed by atoms with E-state index < -0.39 is 11.7 Å². The Balaban J connectivity index is 1.70. The first kappa shape index (κ1) is 17.9. The molecule has 0 bridgehead atoms.